The van der Waals surface area contributed by atoms with Crippen LogP contribution in [0.4, 0.5) is 0 Å². The predicted molar refractivity (Wildman–Crippen MR) is 49.4 cm³/mol. The van der Waals surface area contributed by atoms with E-state index < -0.39 is 0 Å². The lowest BCUT2D eigenvalue weighted by Crippen LogP contribution is -2.24. The van der Waals surface area contributed by atoms with Crippen LogP contribution < -0.4 is 0 Å². The Kier molecular flexibility index (Phi) is 1.32. The van der Waals surface area contributed by atoms with Crippen LogP contribution in [0.25, 0.3) is 0 Å². The quantitative estimate of drug-likeness (QED) is 0.523. The van der Waals surface area contributed by atoms with Gasteiger partial charge in [0.25, 0.3) is 0 Å². The number of allylic oxidation sites excluding steroid dienone is 2. The van der Waals surface area contributed by atoms with Crippen LogP contribution in [0.3, 0.4) is 0 Å². The molecule has 2 heteroatoms. The van der Waals surface area contributed by atoms with E-state index in [4.69, 9.17) is 5.26 Å². The topological polar surface area (TPSA) is 27.0 Å². The van der Waals surface area contributed by atoms with Gasteiger partial charge >= 0.3 is 0 Å². The van der Waals surface area contributed by atoms with Crippen molar-refractivity contribution in [1.82, 2.24) is 4.90 Å². The summed E-state index contributed by atoms with van der Waals surface area (Å²) in [4.78, 5) is 1.89. The van der Waals surface area contributed by atoms with Crippen molar-refractivity contribution in [3.8, 4) is 6.19 Å². The smallest absolute Gasteiger partial charge is 0.184 e. The summed E-state index contributed by atoms with van der Waals surface area (Å²) < 4.78 is 0. The van der Waals surface area contributed by atoms with Gasteiger partial charge in [0.2, 0.25) is 0 Å². The van der Waals surface area contributed by atoms with Gasteiger partial charge in [-0.15, -0.1) is 0 Å². The first-order chi connectivity index (χ1) is 6.40. The number of nitriles is 1. The highest BCUT2D eigenvalue weighted by Gasteiger charge is 2.40. The van der Waals surface area contributed by atoms with Gasteiger partial charge in [-0.05, 0) is 42.7 Å². The summed E-state index contributed by atoms with van der Waals surface area (Å²) in [5.74, 6) is 0.834. The lowest BCUT2D eigenvalue weighted by molar-refractivity contribution is 0.462. The molecule has 1 saturated carbocycles. The molecule has 1 aliphatic heterocycles. The van der Waals surface area contributed by atoms with E-state index in [2.05, 4.69) is 12.3 Å². The molecule has 2 nitrogen and oxygen atoms in total. The van der Waals surface area contributed by atoms with Crippen molar-refractivity contribution >= 4 is 0 Å². The highest BCUT2D eigenvalue weighted by atomic mass is 15.1. The van der Waals surface area contributed by atoms with Crippen LogP contribution in [0.5, 0.6) is 0 Å². The molecule has 0 amide bonds. The van der Waals surface area contributed by atoms with Gasteiger partial charge in [-0.2, -0.15) is 5.26 Å². The second kappa shape index (κ2) is 2.38. The van der Waals surface area contributed by atoms with Crippen molar-refractivity contribution in [2.75, 3.05) is 6.54 Å². The molecular formula is C11H12N2. The van der Waals surface area contributed by atoms with E-state index in [0.717, 1.165) is 18.9 Å². The second-order valence-corrected chi connectivity index (χ2v) is 4.08. The van der Waals surface area contributed by atoms with E-state index in [1.807, 2.05) is 4.90 Å². The molecule has 1 atom stereocenters. The Labute approximate surface area is 78.1 Å². The van der Waals surface area contributed by atoms with Gasteiger partial charge in [-0.25, -0.2) is 0 Å². The van der Waals surface area contributed by atoms with Gasteiger partial charge < -0.3 is 0 Å². The van der Waals surface area contributed by atoms with Crippen LogP contribution in [0, 0.1) is 17.4 Å². The van der Waals surface area contributed by atoms with Gasteiger partial charge in [0.05, 0.1) is 5.70 Å². The van der Waals surface area contributed by atoms with E-state index in [0.29, 0.717) is 0 Å². The van der Waals surface area contributed by atoms with Crippen LogP contribution in [-0.4, -0.2) is 11.4 Å². The normalized spacial score (nSPS) is 30.2. The zero-order valence-electron chi connectivity index (χ0n) is 7.58. The molecule has 3 aliphatic rings. The summed E-state index contributed by atoms with van der Waals surface area (Å²) in [5.41, 5.74) is 4.29. The third kappa shape index (κ3) is 0.935. The van der Waals surface area contributed by atoms with E-state index in [1.54, 1.807) is 5.57 Å². The Morgan fingerprint density at radius 2 is 2.46 bits per heavy atom. The Morgan fingerprint density at radius 1 is 1.54 bits per heavy atom. The molecule has 0 aromatic rings. The summed E-state index contributed by atoms with van der Waals surface area (Å²) in [6, 6.07) is 0. The van der Waals surface area contributed by atoms with Crippen LogP contribution >= 0.6 is 0 Å². The molecule has 0 spiro atoms. The largest absolute Gasteiger partial charge is 0.279 e. The van der Waals surface area contributed by atoms with E-state index in [9.17, 15) is 0 Å². The summed E-state index contributed by atoms with van der Waals surface area (Å²) >= 11 is 0. The van der Waals surface area contributed by atoms with Crippen molar-refractivity contribution in [2.45, 2.75) is 25.7 Å². The number of hydrogen-bond donors (Lipinski definition) is 0. The van der Waals surface area contributed by atoms with Crippen molar-refractivity contribution in [1.29, 1.82) is 5.26 Å². The van der Waals surface area contributed by atoms with Crippen LogP contribution in [0.1, 0.15) is 25.7 Å². The van der Waals surface area contributed by atoms with Crippen molar-refractivity contribution < 1.29 is 0 Å². The molecule has 0 aromatic heterocycles. The van der Waals surface area contributed by atoms with Gasteiger partial charge in [0.15, 0.2) is 6.19 Å². The standard InChI is InChI=1S/C11H12N2/c12-7-13-5-1-2-8-3-4-9-6-10(9)11(8)13/h2,9H,1,3-6H2. The monoisotopic (exact) mass is 172 g/mol. The fraction of sp³-hybridized carbons (Fsp3) is 0.545. The van der Waals surface area contributed by atoms with Crippen LogP contribution in [0.15, 0.2) is 22.9 Å². The molecule has 0 radical (unpaired) electrons. The van der Waals surface area contributed by atoms with E-state index >= 15 is 0 Å². The molecule has 66 valence electrons. The lowest BCUT2D eigenvalue weighted by Gasteiger charge is -2.28. The highest BCUT2D eigenvalue weighted by Crippen LogP contribution is 2.52. The summed E-state index contributed by atoms with van der Waals surface area (Å²) in [6.45, 7) is 0.894. The Balaban J connectivity index is 2.09. The molecule has 0 N–H and O–H groups in total. The fourth-order valence-electron chi connectivity index (χ4n) is 2.55. The molecule has 13 heavy (non-hydrogen) atoms. The summed E-state index contributed by atoms with van der Waals surface area (Å²) in [5, 5.41) is 8.98. The molecular weight excluding hydrogens is 160 g/mol. The third-order valence-electron chi connectivity index (χ3n) is 3.30. The number of hydrogen-bond acceptors (Lipinski definition) is 2. The molecule has 1 fully saturated rings. The maximum Gasteiger partial charge on any atom is 0.184 e. The van der Waals surface area contributed by atoms with Crippen LogP contribution in [0.2, 0.25) is 0 Å². The summed E-state index contributed by atoms with van der Waals surface area (Å²) in [6.07, 6.45) is 9.44. The number of nitrogens with zero attached hydrogens (tertiary/aromatic N) is 2. The minimum Gasteiger partial charge on any atom is -0.279 e. The first kappa shape index (κ1) is 7.20. The maximum absolute atomic E-state index is 8.98. The minimum absolute atomic E-state index is 0.834. The number of fused-ring (bicyclic) bond motifs is 2. The molecule has 3 rings (SSSR count). The minimum atomic E-state index is 0.834. The molecule has 1 unspecified atom stereocenters. The average molecular weight is 172 g/mol. The van der Waals surface area contributed by atoms with Crippen molar-refractivity contribution in [3.05, 3.63) is 22.9 Å². The maximum atomic E-state index is 8.98. The van der Waals surface area contributed by atoms with Gasteiger partial charge in [-0.3, -0.25) is 4.90 Å². The first-order valence-corrected chi connectivity index (χ1v) is 5.00. The molecule has 0 aromatic carbocycles. The van der Waals surface area contributed by atoms with Crippen LogP contribution in [-0.2, 0) is 0 Å². The van der Waals surface area contributed by atoms with Crippen molar-refractivity contribution in [2.24, 2.45) is 5.92 Å². The average Bonchev–Trinajstić information content (AvgIpc) is 2.95. The molecule has 1 heterocycles. The molecule has 0 bridgehead atoms. The van der Waals surface area contributed by atoms with Gasteiger partial charge in [0, 0.05) is 6.54 Å². The summed E-state index contributed by atoms with van der Waals surface area (Å²) in [7, 11) is 0. The third-order valence-corrected chi connectivity index (χ3v) is 3.30. The zero-order chi connectivity index (χ0) is 8.84. The molecule has 2 aliphatic carbocycles. The Morgan fingerprint density at radius 3 is 3.31 bits per heavy atom. The Bertz CT molecular complexity index is 357. The highest BCUT2D eigenvalue weighted by molar-refractivity contribution is 5.47. The van der Waals surface area contributed by atoms with Crippen molar-refractivity contribution in [3.63, 3.8) is 0 Å². The SMILES string of the molecule is N#CN1CCC=C2CCC3CC3=C21. The van der Waals surface area contributed by atoms with E-state index in [1.165, 1.54) is 30.5 Å². The number of rotatable bonds is 0. The second-order valence-electron chi connectivity index (χ2n) is 4.08. The van der Waals surface area contributed by atoms with E-state index in [-0.39, 0.29) is 0 Å². The fourth-order valence-corrected chi connectivity index (χ4v) is 2.55. The van der Waals surface area contributed by atoms with Gasteiger partial charge in [0.1, 0.15) is 0 Å². The first-order valence-electron chi connectivity index (χ1n) is 5.00. The van der Waals surface area contributed by atoms with Gasteiger partial charge in [-0.1, -0.05) is 6.08 Å². The molecule has 0 saturated heterocycles. The zero-order valence-corrected chi connectivity index (χ0v) is 7.58. The Hall–Kier alpha value is -1.23. The predicted octanol–water partition coefficient (Wildman–Crippen LogP) is 2.17. The lowest BCUT2D eigenvalue weighted by atomic mass is 9.94.